The van der Waals surface area contributed by atoms with E-state index in [1.807, 2.05) is 0 Å². The van der Waals surface area contributed by atoms with Crippen molar-refractivity contribution in [2.75, 3.05) is 6.61 Å². The first-order valence-electron chi connectivity index (χ1n) is 5.47. The molecule has 0 spiro atoms. The molecule has 2 atom stereocenters. The van der Waals surface area contributed by atoms with E-state index in [1.165, 1.54) is 12.1 Å². The Balaban J connectivity index is 2.02. The molecule has 4 heteroatoms. The maximum Gasteiger partial charge on any atom is 0.126 e. The topological polar surface area (TPSA) is 35.2 Å². The van der Waals surface area contributed by atoms with Gasteiger partial charge >= 0.3 is 0 Å². The molecule has 0 bridgehead atoms. The summed E-state index contributed by atoms with van der Waals surface area (Å²) in [4.78, 5) is 0. The highest BCUT2D eigenvalue weighted by molar-refractivity contribution is 5.19. The molecule has 1 aliphatic rings. The highest BCUT2D eigenvalue weighted by Crippen LogP contribution is 2.18. The zero-order valence-electron chi connectivity index (χ0n) is 8.96. The molecule has 2 N–H and O–H groups in total. The monoisotopic (exact) mass is 227 g/mol. The Bertz CT molecular complexity index is 344. The van der Waals surface area contributed by atoms with Crippen molar-refractivity contribution in [1.29, 1.82) is 0 Å². The summed E-state index contributed by atoms with van der Waals surface area (Å²) < 4.78 is 31.3. The fraction of sp³-hybridized carbons (Fsp3) is 0.500. The summed E-state index contributed by atoms with van der Waals surface area (Å²) in [5.74, 6) is -1.12. The van der Waals surface area contributed by atoms with Gasteiger partial charge in [-0.25, -0.2) is 8.78 Å². The van der Waals surface area contributed by atoms with Crippen molar-refractivity contribution in [3.8, 4) is 0 Å². The van der Waals surface area contributed by atoms with Gasteiger partial charge in [-0.05, 0) is 37.0 Å². The van der Waals surface area contributed by atoms with Gasteiger partial charge in [0.2, 0.25) is 0 Å². The molecule has 2 rings (SSSR count). The van der Waals surface area contributed by atoms with Crippen molar-refractivity contribution in [1.82, 2.24) is 0 Å². The lowest BCUT2D eigenvalue weighted by atomic mass is 10.0. The molecule has 16 heavy (non-hydrogen) atoms. The summed E-state index contributed by atoms with van der Waals surface area (Å²) in [6.07, 6.45) is 2.40. The number of nitrogens with two attached hydrogens (primary N) is 1. The third-order valence-electron chi connectivity index (χ3n) is 2.84. The van der Waals surface area contributed by atoms with Gasteiger partial charge in [0, 0.05) is 18.7 Å². The van der Waals surface area contributed by atoms with E-state index in [4.69, 9.17) is 10.5 Å². The Labute approximate surface area is 93.4 Å². The molecule has 0 radical (unpaired) electrons. The van der Waals surface area contributed by atoms with Gasteiger partial charge < -0.3 is 10.5 Å². The lowest BCUT2D eigenvalue weighted by molar-refractivity contribution is 0.0900. The van der Waals surface area contributed by atoms with Gasteiger partial charge in [-0.2, -0.15) is 0 Å². The fourth-order valence-corrected chi connectivity index (χ4v) is 2.07. The molecule has 1 saturated heterocycles. The van der Waals surface area contributed by atoms with Crippen LogP contribution in [0, 0.1) is 11.6 Å². The van der Waals surface area contributed by atoms with E-state index in [0.717, 1.165) is 25.5 Å². The van der Waals surface area contributed by atoms with E-state index in [-0.39, 0.29) is 12.1 Å². The largest absolute Gasteiger partial charge is 0.377 e. The molecule has 0 aliphatic carbocycles. The summed E-state index contributed by atoms with van der Waals surface area (Å²) in [7, 11) is 0. The predicted octanol–water partition coefficient (Wildman–Crippen LogP) is 2.01. The van der Waals surface area contributed by atoms with E-state index < -0.39 is 11.6 Å². The van der Waals surface area contributed by atoms with Crippen molar-refractivity contribution < 1.29 is 13.5 Å². The van der Waals surface area contributed by atoms with Gasteiger partial charge in [0.25, 0.3) is 0 Å². The summed E-state index contributed by atoms with van der Waals surface area (Å²) in [5, 5.41) is 0. The van der Waals surface area contributed by atoms with Crippen LogP contribution in [0.1, 0.15) is 18.4 Å². The van der Waals surface area contributed by atoms with Crippen molar-refractivity contribution in [3.63, 3.8) is 0 Å². The molecule has 0 amide bonds. The number of rotatable bonds is 3. The van der Waals surface area contributed by atoms with Crippen LogP contribution in [0.4, 0.5) is 8.78 Å². The van der Waals surface area contributed by atoms with Gasteiger partial charge in [0.05, 0.1) is 6.10 Å². The van der Waals surface area contributed by atoms with Crippen LogP contribution in [0.3, 0.4) is 0 Å². The Kier molecular flexibility index (Phi) is 3.51. The quantitative estimate of drug-likeness (QED) is 0.857. The average molecular weight is 227 g/mol. The molecule has 2 nitrogen and oxygen atoms in total. The number of benzene rings is 1. The number of hydrogen-bond donors (Lipinski definition) is 1. The molecule has 1 heterocycles. The first kappa shape index (κ1) is 11.5. The van der Waals surface area contributed by atoms with Gasteiger partial charge in [0.1, 0.15) is 11.6 Å². The molecule has 88 valence electrons. The predicted molar refractivity (Wildman–Crippen MR) is 57.0 cm³/mol. The molecule has 1 aromatic rings. The minimum Gasteiger partial charge on any atom is -0.377 e. The lowest BCUT2D eigenvalue weighted by Crippen LogP contribution is -2.36. The second-order valence-electron chi connectivity index (χ2n) is 4.20. The Morgan fingerprint density at radius 2 is 2.00 bits per heavy atom. The van der Waals surface area contributed by atoms with E-state index in [1.54, 1.807) is 0 Å². The second kappa shape index (κ2) is 4.89. The normalized spacial score (nSPS) is 22.3. The van der Waals surface area contributed by atoms with Crippen molar-refractivity contribution in [3.05, 3.63) is 35.4 Å². The zero-order chi connectivity index (χ0) is 11.5. The highest BCUT2D eigenvalue weighted by atomic mass is 19.1. The molecule has 1 fully saturated rings. The van der Waals surface area contributed by atoms with Gasteiger partial charge in [-0.3, -0.25) is 0 Å². The summed E-state index contributed by atoms with van der Waals surface area (Å²) in [5.41, 5.74) is 6.53. The van der Waals surface area contributed by atoms with Crippen LogP contribution in [0.15, 0.2) is 18.2 Å². The lowest BCUT2D eigenvalue weighted by Gasteiger charge is -2.18. The van der Waals surface area contributed by atoms with E-state index in [2.05, 4.69) is 0 Å². The van der Waals surface area contributed by atoms with Gasteiger partial charge in [0.15, 0.2) is 0 Å². The van der Waals surface area contributed by atoms with Gasteiger partial charge in [-0.15, -0.1) is 0 Å². The minimum absolute atomic E-state index is 0.0197. The molecule has 2 unspecified atom stereocenters. The van der Waals surface area contributed by atoms with E-state index in [9.17, 15) is 8.78 Å². The van der Waals surface area contributed by atoms with Gasteiger partial charge in [-0.1, -0.05) is 0 Å². The van der Waals surface area contributed by atoms with Crippen LogP contribution in [-0.4, -0.2) is 18.8 Å². The standard InChI is InChI=1S/C12H15F2NO/c13-9-4-8(5-10(14)7-9)6-11(15)12-2-1-3-16-12/h4-5,7,11-12H,1-3,6,15H2. The molecular weight excluding hydrogens is 212 g/mol. The Hall–Kier alpha value is -1.00. The van der Waals surface area contributed by atoms with Crippen LogP contribution < -0.4 is 5.73 Å². The molecular formula is C12H15F2NO. The second-order valence-corrected chi connectivity index (χ2v) is 4.20. The van der Waals surface area contributed by atoms with Crippen LogP contribution in [0.5, 0.6) is 0 Å². The Morgan fingerprint density at radius 3 is 2.56 bits per heavy atom. The van der Waals surface area contributed by atoms with Crippen LogP contribution in [0.25, 0.3) is 0 Å². The number of ether oxygens (including phenoxy) is 1. The van der Waals surface area contributed by atoms with Crippen molar-refractivity contribution in [2.45, 2.75) is 31.4 Å². The average Bonchev–Trinajstić information content (AvgIpc) is 2.68. The first-order valence-corrected chi connectivity index (χ1v) is 5.47. The van der Waals surface area contributed by atoms with Crippen LogP contribution >= 0.6 is 0 Å². The number of halogens is 2. The van der Waals surface area contributed by atoms with Crippen LogP contribution in [-0.2, 0) is 11.2 Å². The number of hydrogen-bond acceptors (Lipinski definition) is 2. The van der Waals surface area contributed by atoms with Crippen molar-refractivity contribution >= 4 is 0 Å². The molecule has 1 aromatic carbocycles. The van der Waals surface area contributed by atoms with Crippen LogP contribution in [0.2, 0.25) is 0 Å². The maximum atomic E-state index is 12.9. The SMILES string of the molecule is NC(Cc1cc(F)cc(F)c1)C1CCCO1. The smallest absolute Gasteiger partial charge is 0.126 e. The maximum absolute atomic E-state index is 12.9. The molecule has 1 aliphatic heterocycles. The molecule has 0 saturated carbocycles. The van der Waals surface area contributed by atoms with E-state index >= 15 is 0 Å². The third kappa shape index (κ3) is 2.77. The third-order valence-corrected chi connectivity index (χ3v) is 2.84. The highest BCUT2D eigenvalue weighted by Gasteiger charge is 2.23. The Morgan fingerprint density at radius 1 is 1.31 bits per heavy atom. The van der Waals surface area contributed by atoms with Crippen molar-refractivity contribution in [2.24, 2.45) is 5.73 Å². The molecule has 0 aromatic heterocycles. The summed E-state index contributed by atoms with van der Waals surface area (Å²) in [6.45, 7) is 0.732. The van der Waals surface area contributed by atoms with E-state index in [0.29, 0.717) is 12.0 Å². The minimum atomic E-state index is -0.561. The summed E-state index contributed by atoms with van der Waals surface area (Å²) in [6, 6.07) is 3.31. The summed E-state index contributed by atoms with van der Waals surface area (Å²) >= 11 is 0. The fourth-order valence-electron chi connectivity index (χ4n) is 2.07. The zero-order valence-corrected chi connectivity index (χ0v) is 8.96. The first-order chi connectivity index (χ1) is 7.65.